The smallest absolute Gasteiger partial charge is 0.243 e. The predicted molar refractivity (Wildman–Crippen MR) is 77.8 cm³/mol. The number of nitrogens with two attached hydrogens (primary N) is 1. The van der Waals surface area contributed by atoms with Crippen LogP contribution in [0, 0.1) is 12.7 Å². The van der Waals surface area contributed by atoms with E-state index in [1.807, 2.05) is 4.90 Å². The lowest BCUT2D eigenvalue weighted by molar-refractivity contribution is 0.151. The molecule has 1 heterocycles. The third-order valence-electron chi connectivity index (χ3n) is 3.68. The zero-order valence-corrected chi connectivity index (χ0v) is 12.7. The van der Waals surface area contributed by atoms with Crippen LogP contribution in [0.25, 0.3) is 0 Å². The number of hydrogen-bond donors (Lipinski definition) is 2. The van der Waals surface area contributed by atoms with E-state index in [9.17, 15) is 12.8 Å². The summed E-state index contributed by atoms with van der Waals surface area (Å²) in [5.74, 6) is -0.618. The molecule has 1 fully saturated rings. The van der Waals surface area contributed by atoms with E-state index in [0.717, 1.165) is 6.07 Å². The SMILES string of the molecule is Cc1c(F)cc(N)cc1S(=O)(=O)N1CCN(CCO)CC1. The number of nitrogen functional groups attached to an aromatic ring is 1. The van der Waals surface area contributed by atoms with Gasteiger partial charge in [0.2, 0.25) is 10.0 Å². The van der Waals surface area contributed by atoms with Gasteiger partial charge in [0.05, 0.1) is 11.5 Å². The van der Waals surface area contributed by atoms with Crippen LogP contribution in [-0.2, 0) is 10.0 Å². The molecule has 1 saturated heterocycles. The number of benzene rings is 1. The summed E-state index contributed by atoms with van der Waals surface area (Å²) in [5.41, 5.74) is 5.74. The van der Waals surface area contributed by atoms with Crippen LogP contribution < -0.4 is 5.73 Å². The predicted octanol–water partition coefficient (Wildman–Crippen LogP) is 0.0149. The lowest BCUT2D eigenvalue weighted by atomic mass is 10.2. The molecule has 0 aliphatic carbocycles. The summed E-state index contributed by atoms with van der Waals surface area (Å²) >= 11 is 0. The summed E-state index contributed by atoms with van der Waals surface area (Å²) in [6, 6.07) is 2.42. The van der Waals surface area contributed by atoms with Gasteiger partial charge in [-0.3, -0.25) is 4.90 Å². The maximum atomic E-state index is 13.7. The highest BCUT2D eigenvalue weighted by molar-refractivity contribution is 7.89. The van der Waals surface area contributed by atoms with Crippen molar-refractivity contribution in [2.75, 3.05) is 45.1 Å². The van der Waals surface area contributed by atoms with Crippen molar-refractivity contribution >= 4 is 15.7 Å². The minimum Gasteiger partial charge on any atom is -0.399 e. The zero-order chi connectivity index (χ0) is 15.6. The van der Waals surface area contributed by atoms with Gasteiger partial charge in [-0.1, -0.05) is 0 Å². The fourth-order valence-electron chi connectivity index (χ4n) is 2.42. The molecular formula is C13H20FN3O3S. The molecule has 6 nitrogen and oxygen atoms in total. The molecule has 0 amide bonds. The molecule has 0 bridgehead atoms. The highest BCUT2D eigenvalue weighted by Gasteiger charge is 2.30. The number of β-amino-alcohol motifs (C(OH)–C–C–N with tert-alkyl or cyclic N) is 1. The number of aliphatic hydroxyl groups is 1. The summed E-state index contributed by atoms with van der Waals surface area (Å²) in [6.45, 7) is 3.74. The maximum absolute atomic E-state index is 13.7. The molecule has 0 unspecified atom stereocenters. The Morgan fingerprint density at radius 3 is 2.48 bits per heavy atom. The monoisotopic (exact) mass is 317 g/mol. The van der Waals surface area contributed by atoms with E-state index in [2.05, 4.69) is 0 Å². The molecule has 118 valence electrons. The number of sulfonamides is 1. The number of anilines is 1. The van der Waals surface area contributed by atoms with Crippen molar-refractivity contribution in [2.45, 2.75) is 11.8 Å². The Morgan fingerprint density at radius 1 is 1.29 bits per heavy atom. The van der Waals surface area contributed by atoms with Crippen molar-refractivity contribution in [3.63, 3.8) is 0 Å². The van der Waals surface area contributed by atoms with Crippen molar-refractivity contribution in [2.24, 2.45) is 0 Å². The summed E-state index contributed by atoms with van der Waals surface area (Å²) < 4.78 is 40.3. The lowest BCUT2D eigenvalue weighted by Crippen LogP contribution is -2.49. The third-order valence-corrected chi connectivity index (χ3v) is 5.71. The van der Waals surface area contributed by atoms with Crippen molar-refractivity contribution < 1.29 is 17.9 Å². The second kappa shape index (κ2) is 6.27. The Hall–Kier alpha value is -1.22. The Labute approximate surface area is 124 Å². The van der Waals surface area contributed by atoms with Gasteiger partial charge in [0, 0.05) is 44.0 Å². The maximum Gasteiger partial charge on any atom is 0.243 e. The van der Waals surface area contributed by atoms with Gasteiger partial charge in [-0.2, -0.15) is 4.31 Å². The Bertz CT molecular complexity index is 613. The quantitative estimate of drug-likeness (QED) is 0.764. The van der Waals surface area contributed by atoms with Gasteiger partial charge in [0.15, 0.2) is 0 Å². The number of hydrogen-bond acceptors (Lipinski definition) is 5. The van der Waals surface area contributed by atoms with Gasteiger partial charge in [-0.15, -0.1) is 0 Å². The van der Waals surface area contributed by atoms with Gasteiger partial charge < -0.3 is 10.8 Å². The van der Waals surface area contributed by atoms with Gasteiger partial charge in [-0.25, -0.2) is 12.8 Å². The first-order valence-electron chi connectivity index (χ1n) is 6.75. The number of halogens is 1. The first kappa shape index (κ1) is 16.2. The first-order valence-corrected chi connectivity index (χ1v) is 8.19. The lowest BCUT2D eigenvalue weighted by Gasteiger charge is -2.33. The fourth-order valence-corrected chi connectivity index (χ4v) is 4.11. The van der Waals surface area contributed by atoms with Gasteiger partial charge in [-0.05, 0) is 19.1 Å². The van der Waals surface area contributed by atoms with E-state index in [1.54, 1.807) is 0 Å². The third kappa shape index (κ3) is 3.34. The van der Waals surface area contributed by atoms with Crippen LogP contribution in [0.5, 0.6) is 0 Å². The van der Waals surface area contributed by atoms with Gasteiger partial charge in [0.1, 0.15) is 5.82 Å². The van der Waals surface area contributed by atoms with E-state index < -0.39 is 15.8 Å². The molecule has 2 rings (SSSR count). The zero-order valence-electron chi connectivity index (χ0n) is 11.9. The standard InChI is InChI=1S/C13H20FN3O3S/c1-10-12(14)8-11(15)9-13(10)21(19,20)17-4-2-16(3-5-17)6-7-18/h8-9,18H,2-7,15H2,1H3. The van der Waals surface area contributed by atoms with Crippen LogP contribution in [0.2, 0.25) is 0 Å². The van der Waals surface area contributed by atoms with E-state index >= 15 is 0 Å². The number of nitrogens with zero attached hydrogens (tertiary/aromatic N) is 2. The molecule has 1 aliphatic rings. The van der Waals surface area contributed by atoms with E-state index in [1.165, 1.54) is 17.3 Å². The van der Waals surface area contributed by atoms with Crippen LogP contribution in [0.1, 0.15) is 5.56 Å². The second-order valence-corrected chi connectivity index (χ2v) is 7.00. The summed E-state index contributed by atoms with van der Waals surface area (Å²) in [4.78, 5) is 1.91. The topological polar surface area (TPSA) is 86.9 Å². The van der Waals surface area contributed by atoms with Gasteiger partial charge in [0.25, 0.3) is 0 Å². The van der Waals surface area contributed by atoms with Gasteiger partial charge >= 0.3 is 0 Å². The average Bonchev–Trinajstić information content (AvgIpc) is 2.43. The van der Waals surface area contributed by atoms with Crippen molar-refractivity contribution in [3.8, 4) is 0 Å². The molecule has 0 spiro atoms. The highest BCUT2D eigenvalue weighted by atomic mass is 32.2. The van der Waals surface area contributed by atoms with E-state index in [0.29, 0.717) is 32.7 Å². The normalized spacial score (nSPS) is 18.0. The number of aliphatic hydroxyl groups excluding tert-OH is 1. The van der Waals surface area contributed by atoms with Crippen molar-refractivity contribution in [1.82, 2.24) is 9.21 Å². The molecule has 3 N–H and O–H groups in total. The van der Waals surface area contributed by atoms with Crippen molar-refractivity contribution in [3.05, 3.63) is 23.5 Å². The first-order chi connectivity index (χ1) is 9.86. The fraction of sp³-hybridized carbons (Fsp3) is 0.538. The number of rotatable bonds is 4. The molecule has 1 aromatic carbocycles. The Balaban J connectivity index is 2.24. The highest BCUT2D eigenvalue weighted by Crippen LogP contribution is 2.25. The molecule has 1 aromatic rings. The molecule has 0 radical (unpaired) electrons. The van der Waals surface area contributed by atoms with Crippen LogP contribution in [-0.4, -0.2) is 62.1 Å². The molecular weight excluding hydrogens is 297 g/mol. The van der Waals surface area contributed by atoms with Crippen LogP contribution >= 0.6 is 0 Å². The molecule has 0 saturated carbocycles. The summed E-state index contributed by atoms with van der Waals surface area (Å²) in [6.07, 6.45) is 0. The van der Waals surface area contributed by atoms with Crippen LogP contribution in [0.4, 0.5) is 10.1 Å². The molecule has 1 aliphatic heterocycles. The number of piperazine rings is 1. The molecule has 0 aromatic heterocycles. The minimum absolute atomic E-state index is 0.0479. The Kier molecular flexibility index (Phi) is 4.82. The summed E-state index contributed by atoms with van der Waals surface area (Å²) in [5, 5.41) is 8.89. The minimum atomic E-state index is -3.75. The van der Waals surface area contributed by atoms with E-state index in [-0.39, 0.29) is 22.8 Å². The van der Waals surface area contributed by atoms with Crippen LogP contribution in [0.15, 0.2) is 17.0 Å². The van der Waals surface area contributed by atoms with Crippen LogP contribution in [0.3, 0.4) is 0 Å². The largest absolute Gasteiger partial charge is 0.399 e. The average molecular weight is 317 g/mol. The van der Waals surface area contributed by atoms with Crippen molar-refractivity contribution in [1.29, 1.82) is 0 Å². The molecule has 0 atom stereocenters. The Morgan fingerprint density at radius 2 is 1.90 bits per heavy atom. The summed E-state index contributed by atoms with van der Waals surface area (Å²) in [7, 11) is -3.75. The molecule has 8 heteroatoms. The molecule has 21 heavy (non-hydrogen) atoms. The van der Waals surface area contributed by atoms with E-state index in [4.69, 9.17) is 10.8 Å². The second-order valence-electron chi connectivity index (χ2n) is 5.10.